The first kappa shape index (κ1) is 20.1. The monoisotopic (exact) mass is 391 g/mol. The van der Waals surface area contributed by atoms with Gasteiger partial charge in [0.1, 0.15) is 0 Å². The van der Waals surface area contributed by atoms with Crippen LogP contribution in [0.4, 0.5) is 5.69 Å². The second-order valence-electron chi connectivity index (χ2n) is 7.46. The number of fused-ring (bicyclic) bond motifs is 1. The van der Waals surface area contributed by atoms with Gasteiger partial charge in [-0.15, -0.1) is 0 Å². The fourth-order valence-electron chi connectivity index (χ4n) is 3.88. The van der Waals surface area contributed by atoms with Crippen molar-refractivity contribution in [1.82, 2.24) is 9.47 Å². The number of hydrogen-bond donors (Lipinski definition) is 1. The first-order valence-electron chi connectivity index (χ1n) is 9.55. The highest BCUT2D eigenvalue weighted by molar-refractivity contribution is 5.77. The highest BCUT2D eigenvalue weighted by Gasteiger charge is 2.34. The van der Waals surface area contributed by atoms with Gasteiger partial charge in [0.05, 0.1) is 23.1 Å². The summed E-state index contributed by atoms with van der Waals surface area (Å²) in [6.45, 7) is 3.67. The number of carbonyl (C=O) groups excluding carboxylic acids is 1. The summed E-state index contributed by atoms with van der Waals surface area (Å²) in [4.78, 5) is 36.7. The third-order valence-electron chi connectivity index (χ3n) is 5.73. The molecule has 0 aliphatic carbocycles. The van der Waals surface area contributed by atoms with E-state index in [0.717, 1.165) is 19.3 Å². The van der Waals surface area contributed by atoms with E-state index in [0.29, 0.717) is 31.6 Å². The van der Waals surface area contributed by atoms with Crippen LogP contribution in [0, 0.1) is 15.5 Å². The van der Waals surface area contributed by atoms with E-state index in [-0.39, 0.29) is 35.6 Å². The van der Waals surface area contributed by atoms with Crippen molar-refractivity contribution < 1.29 is 19.2 Å². The average Bonchev–Trinajstić information content (AvgIpc) is 3.02. The fourth-order valence-corrected chi connectivity index (χ4v) is 3.88. The fraction of sp³-hybridized carbons (Fsp3) is 0.579. The maximum Gasteiger partial charge on any atom is 0.419 e. The van der Waals surface area contributed by atoms with E-state index < -0.39 is 10.7 Å². The lowest BCUT2D eigenvalue weighted by atomic mass is 9.78. The molecule has 3 rings (SSSR count). The van der Waals surface area contributed by atoms with Gasteiger partial charge in [-0.25, -0.2) is 4.79 Å². The molecule has 9 heteroatoms. The van der Waals surface area contributed by atoms with Crippen molar-refractivity contribution in [3.05, 3.63) is 38.9 Å². The largest absolute Gasteiger partial charge is 0.419 e. The highest BCUT2D eigenvalue weighted by Crippen LogP contribution is 2.33. The number of hydrogen-bond acceptors (Lipinski definition) is 6. The average molecular weight is 391 g/mol. The number of aliphatic hydroxyl groups is 1. The maximum absolute atomic E-state index is 12.6. The van der Waals surface area contributed by atoms with Crippen molar-refractivity contribution in [2.24, 2.45) is 5.41 Å². The van der Waals surface area contributed by atoms with Crippen molar-refractivity contribution >= 4 is 22.7 Å². The number of nitrogens with zero attached hydrogens (tertiary/aromatic N) is 3. The number of oxazole rings is 1. The number of likely N-dealkylation sites (tertiary alicyclic amines) is 1. The molecule has 28 heavy (non-hydrogen) atoms. The van der Waals surface area contributed by atoms with Crippen LogP contribution in [-0.4, -0.2) is 45.1 Å². The molecule has 2 aromatic rings. The Morgan fingerprint density at radius 2 is 2.21 bits per heavy atom. The van der Waals surface area contributed by atoms with Gasteiger partial charge >= 0.3 is 5.76 Å². The molecule has 0 spiro atoms. The number of carbonyl (C=O) groups is 1. The van der Waals surface area contributed by atoms with E-state index >= 15 is 0 Å². The predicted octanol–water partition coefficient (Wildman–Crippen LogP) is 2.29. The molecule has 1 fully saturated rings. The van der Waals surface area contributed by atoms with Gasteiger partial charge in [0, 0.05) is 37.5 Å². The molecular weight excluding hydrogens is 366 g/mol. The molecule has 0 unspecified atom stereocenters. The molecule has 2 heterocycles. The Morgan fingerprint density at radius 3 is 2.89 bits per heavy atom. The summed E-state index contributed by atoms with van der Waals surface area (Å²) in [6, 6.07) is 4.04. The zero-order chi connectivity index (χ0) is 20.3. The third kappa shape index (κ3) is 3.94. The van der Waals surface area contributed by atoms with E-state index in [4.69, 9.17) is 4.42 Å². The van der Waals surface area contributed by atoms with Gasteiger partial charge in [0.15, 0.2) is 5.58 Å². The van der Waals surface area contributed by atoms with Gasteiger partial charge in [-0.05, 0) is 31.7 Å². The molecule has 0 bridgehead atoms. The van der Waals surface area contributed by atoms with E-state index in [1.807, 2.05) is 11.8 Å². The van der Waals surface area contributed by atoms with Crippen LogP contribution in [-0.2, 0) is 11.3 Å². The van der Waals surface area contributed by atoms with Crippen LogP contribution in [0.15, 0.2) is 27.4 Å². The van der Waals surface area contributed by atoms with Crippen molar-refractivity contribution in [1.29, 1.82) is 0 Å². The minimum Gasteiger partial charge on any atom is -0.407 e. The van der Waals surface area contributed by atoms with Gasteiger partial charge in [-0.2, -0.15) is 0 Å². The maximum atomic E-state index is 12.6. The first-order valence-corrected chi connectivity index (χ1v) is 9.55. The second kappa shape index (κ2) is 8.14. The number of aromatic nitrogens is 1. The summed E-state index contributed by atoms with van der Waals surface area (Å²) in [7, 11) is 0. The Bertz CT molecular complexity index is 927. The molecule has 1 aliphatic rings. The van der Waals surface area contributed by atoms with E-state index in [2.05, 4.69) is 0 Å². The van der Waals surface area contributed by atoms with Crippen LogP contribution in [0.5, 0.6) is 0 Å². The van der Waals surface area contributed by atoms with Crippen LogP contribution >= 0.6 is 0 Å². The zero-order valence-corrected chi connectivity index (χ0v) is 15.9. The number of benzene rings is 1. The molecule has 1 aromatic heterocycles. The summed E-state index contributed by atoms with van der Waals surface area (Å²) in [6.07, 6.45) is 3.38. The molecular formula is C19H25N3O6. The van der Waals surface area contributed by atoms with Gasteiger partial charge < -0.3 is 14.4 Å². The van der Waals surface area contributed by atoms with Crippen LogP contribution < -0.4 is 5.76 Å². The normalized spacial score (nSPS) is 19.9. The second-order valence-corrected chi connectivity index (χ2v) is 7.46. The lowest BCUT2D eigenvalue weighted by Crippen LogP contribution is -2.47. The lowest BCUT2D eigenvalue weighted by Gasteiger charge is -2.41. The number of piperidine rings is 1. The molecule has 0 saturated carbocycles. The molecule has 1 aromatic carbocycles. The molecule has 1 aliphatic heterocycles. The van der Waals surface area contributed by atoms with Gasteiger partial charge in [0.2, 0.25) is 5.91 Å². The SMILES string of the molecule is CC[C@]1(CO)CCCN(C(=O)CCCn2c(=O)oc3cc([N+](=O)[O-])ccc32)C1. The number of nitro groups is 1. The first-order chi connectivity index (χ1) is 13.4. The number of aliphatic hydroxyl groups excluding tert-OH is 1. The predicted molar refractivity (Wildman–Crippen MR) is 102 cm³/mol. The summed E-state index contributed by atoms with van der Waals surface area (Å²) < 4.78 is 6.50. The molecule has 152 valence electrons. The number of amides is 1. The number of aryl methyl sites for hydroxylation is 1. The topological polar surface area (TPSA) is 119 Å². The smallest absolute Gasteiger partial charge is 0.407 e. The third-order valence-corrected chi connectivity index (χ3v) is 5.73. The minimum atomic E-state index is -0.591. The summed E-state index contributed by atoms with van der Waals surface area (Å²) >= 11 is 0. The summed E-state index contributed by atoms with van der Waals surface area (Å²) in [5.41, 5.74) is 0.292. The van der Waals surface area contributed by atoms with Crippen LogP contribution in [0.2, 0.25) is 0 Å². The molecule has 1 atom stereocenters. The number of rotatable bonds is 7. The minimum absolute atomic E-state index is 0.0162. The van der Waals surface area contributed by atoms with Crippen molar-refractivity contribution in [2.75, 3.05) is 19.7 Å². The van der Waals surface area contributed by atoms with Crippen LogP contribution in [0.1, 0.15) is 39.0 Å². The Kier molecular flexibility index (Phi) is 5.83. The molecule has 1 saturated heterocycles. The Balaban J connectivity index is 1.63. The Hall–Kier alpha value is -2.68. The lowest BCUT2D eigenvalue weighted by molar-refractivity contribution is -0.384. The number of non-ortho nitro benzene ring substituents is 1. The van der Waals surface area contributed by atoms with E-state index in [1.165, 1.54) is 22.8 Å². The van der Waals surface area contributed by atoms with Crippen molar-refractivity contribution in [3.8, 4) is 0 Å². The summed E-state index contributed by atoms with van der Waals surface area (Å²) in [5, 5.41) is 20.5. The zero-order valence-electron chi connectivity index (χ0n) is 15.9. The summed E-state index contributed by atoms with van der Waals surface area (Å²) in [5.74, 6) is -0.575. The van der Waals surface area contributed by atoms with Crippen LogP contribution in [0.3, 0.4) is 0 Å². The standard InChI is InChI=1S/C19H25N3O6/c1-2-19(13-23)8-4-9-20(12-19)17(24)5-3-10-21-15-7-6-14(22(26)27)11-16(15)28-18(21)25/h6-7,11,23H,2-5,8-10,12-13H2,1H3/t19-/m0/s1. The van der Waals surface area contributed by atoms with Crippen molar-refractivity contribution in [2.45, 2.75) is 45.6 Å². The molecule has 0 radical (unpaired) electrons. The quantitative estimate of drug-likeness (QED) is 0.571. The molecule has 1 amide bonds. The number of nitro benzene ring substituents is 1. The highest BCUT2D eigenvalue weighted by atomic mass is 16.6. The van der Waals surface area contributed by atoms with E-state index in [9.17, 15) is 24.8 Å². The van der Waals surface area contributed by atoms with Gasteiger partial charge in [-0.3, -0.25) is 19.5 Å². The Labute approximate surface area is 161 Å². The van der Waals surface area contributed by atoms with Crippen molar-refractivity contribution in [3.63, 3.8) is 0 Å². The van der Waals surface area contributed by atoms with E-state index in [1.54, 1.807) is 0 Å². The molecule has 1 N–H and O–H groups in total. The van der Waals surface area contributed by atoms with Gasteiger partial charge in [0.25, 0.3) is 5.69 Å². The molecule has 9 nitrogen and oxygen atoms in total. The van der Waals surface area contributed by atoms with Crippen LogP contribution in [0.25, 0.3) is 11.1 Å². The van der Waals surface area contributed by atoms with Gasteiger partial charge in [-0.1, -0.05) is 6.92 Å². The Morgan fingerprint density at radius 1 is 1.43 bits per heavy atom.